The van der Waals surface area contributed by atoms with Gasteiger partial charge in [-0.1, -0.05) is 12.1 Å². The van der Waals surface area contributed by atoms with Crippen LogP contribution in [0.25, 0.3) is 0 Å². The predicted molar refractivity (Wildman–Crippen MR) is 77.5 cm³/mol. The third-order valence-corrected chi connectivity index (χ3v) is 2.99. The van der Waals surface area contributed by atoms with Crippen molar-refractivity contribution in [1.29, 1.82) is 0 Å². The molecule has 2 aromatic carbocycles. The molecule has 98 valence electrons. The third-order valence-electron chi connectivity index (χ3n) is 2.99. The van der Waals surface area contributed by atoms with Gasteiger partial charge in [0.05, 0.1) is 12.8 Å². The topological polar surface area (TPSA) is 60.0 Å². The van der Waals surface area contributed by atoms with Gasteiger partial charge in [0.25, 0.3) is 0 Å². The van der Waals surface area contributed by atoms with E-state index in [-0.39, 0.29) is 0 Å². The van der Waals surface area contributed by atoms with E-state index in [1.54, 1.807) is 7.11 Å². The summed E-state index contributed by atoms with van der Waals surface area (Å²) >= 11 is 0. The highest BCUT2D eigenvalue weighted by molar-refractivity contribution is 5.65. The highest BCUT2D eigenvalue weighted by atomic mass is 16.5. The first kappa shape index (κ1) is 13.1. The molecule has 4 nitrogen and oxygen atoms in total. The minimum absolute atomic E-state index is 0.627. The zero-order valence-electron chi connectivity index (χ0n) is 11.3. The number of methoxy groups -OCH3 is 1. The molecule has 0 saturated heterocycles. The summed E-state index contributed by atoms with van der Waals surface area (Å²) in [7, 11) is 1.61. The Morgan fingerprint density at radius 3 is 2.32 bits per heavy atom. The summed E-state index contributed by atoms with van der Waals surface area (Å²) in [5, 5.41) is 8.41. The van der Waals surface area contributed by atoms with E-state index in [9.17, 15) is 0 Å². The van der Waals surface area contributed by atoms with Gasteiger partial charge < -0.3 is 10.5 Å². The van der Waals surface area contributed by atoms with E-state index in [0.29, 0.717) is 22.8 Å². The molecule has 0 spiro atoms. The van der Waals surface area contributed by atoms with E-state index in [1.807, 2.05) is 50.2 Å². The maximum Gasteiger partial charge on any atom is 0.146 e. The van der Waals surface area contributed by atoms with Crippen molar-refractivity contribution in [3.05, 3.63) is 47.5 Å². The highest BCUT2D eigenvalue weighted by Crippen LogP contribution is 2.31. The van der Waals surface area contributed by atoms with Crippen LogP contribution in [0.1, 0.15) is 11.1 Å². The molecule has 0 aliphatic rings. The predicted octanol–water partition coefficient (Wildman–Crippen LogP) is 4.31. The Labute approximate surface area is 112 Å². The lowest BCUT2D eigenvalue weighted by molar-refractivity contribution is 0.416. The Bertz CT molecular complexity index is 621. The molecular formula is C15H17N3O. The SMILES string of the molecule is COc1ccccc1N=Nc1cc(C)c(C)cc1N. The van der Waals surface area contributed by atoms with Crippen molar-refractivity contribution in [3.63, 3.8) is 0 Å². The minimum Gasteiger partial charge on any atom is -0.494 e. The normalized spacial score (nSPS) is 10.9. The van der Waals surface area contributed by atoms with Crippen LogP contribution in [-0.2, 0) is 0 Å². The lowest BCUT2D eigenvalue weighted by Crippen LogP contribution is -1.89. The number of ether oxygens (including phenoxy) is 1. The maximum absolute atomic E-state index is 5.94. The second-order valence-electron chi connectivity index (χ2n) is 4.37. The van der Waals surface area contributed by atoms with Gasteiger partial charge in [-0.3, -0.25) is 0 Å². The average molecular weight is 255 g/mol. The summed E-state index contributed by atoms with van der Waals surface area (Å²) in [6.07, 6.45) is 0. The quantitative estimate of drug-likeness (QED) is 0.656. The number of hydrogen-bond acceptors (Lipinski definition) is 4. The molecule has 0 aliphatic carbocycles. The number of rotatable bonds is 3. The molecule has 4 heteroatoms. The van der Waals surface area contributed by atoms with E-state index < -0.39 is 0 Å². The number of anilines is 1. The smallest absolute Gasteiger partial charge is 0.146 e. The summed E-state index contributed by atoms with van der Waals surface area (Å²) in [5.41, 5.74) is 10.2. The van der Waals surface area contributed by atoms with E-state index in [0.717, 1.165) is 11.1 Å². The number of nitrogen functional groups attached to an aromatic ring is 1. The Morgan fingerprint density at radius 2 is 1.58 bits per heavy atom. The van der Waals surface area contributed by atoms with Crippen molar-refractivity contribution in [1.82, 2.24) is 0 Å². The number of nitrogens with two attached hydrogens (primary N) is 1. The van der Waals surface area contributed by atoms with Crippen LogP contribution >= 0.6 is 0 Å². The van der Waals surface area contributed by atoms with Gasteiger partial charge in [0, 0.05) is 0 Å². The molecule has 0 radical (unpaired) electrons. The highest BCUT2D eigenvalue weighted by Gasteiger charge is 2.03. The van der Waals surface area contributed by atoms with Crippen molar-refractivity contribution in [3.8, 4) is 5.75 Å². The zero-order valence-corrected chi connectivity index (χ0v) is 11.3. The second-order valence-corrected chi connectivity index (χ2v) is 4.37. The number of para-hydroxylation sites is 1. The van der Waals surface area contributed by atoms with Gasteiger partial charge in [-0.25, -0.2) is 0 Å². The minimum atomic E-state index is 0.627. The summed E-state index contributed by atoms with van der Waals surface area (Å²) in [4.78, 5) is 0. The van der Waals surface area contributed by atoms with Crippen LogP contribution in [0.4, 0.5) is 17.1 Å². The summed E-state index contributed by atoms with van der Waals surface area (Å²) < 4.78 is 5.22. The van der Waals surface area contributed by atoms with Crippen LogP contribution in [-0.4, -0.2) is 7.11 Å². The standard InChI is InChI=1S/C15H17N3O/c1-10-8-12(16)14(9-11(10)2)18-17-13-6-4-5-7-15(13)19-3/h4-9H,16H2,1-3H3. The van der Waals surface area contributed by atoms with Gasteiger partial charge in [-0.05, 0) is 49.2 Å². The fourth-order valence-corrected chi connectivity index (χ4v) is 1.73. The molecule has 2 rings (SSSR count). The van der Waals surface area contributed by atoms with Crippen LogP contribution < -0.4 is 10.5 Å². The molecule has 2 N–H and O–H groups in total. The molecule has 0 heterocycles. The monoisotopic (exact) mass is 255 g/mol. The molecule has 2 aromatic rings. The molecule has 0 amide bonds. The van der Waals surface area contributed by atoms with E-state index in [4.69, 9.17) is 10.5 Å². The number of hydrogen-bond donors (Lipinski definition) is 1. The van der Waals surface area contributed by atoms with Crippen molar-refractivity contribution in [2.24, 2.45) is 10.2 Å². The Morgan fingerprint density at radius 1 is 0.947 bits per heavy atom. The third kappa shape index (κ3) is 2.91. The molecule has 0 unspecified atom stereocenters. The Hall–Kier alpha value is -2.36. The van der Waals surface area contributed by atoms with Crippen LogP contribution in [0.3, 0.4) is 0 Å². The maximum atomic E-state index is 5.94. The number of nitrogens with zero attached hydrogens (tertiary/aromatic N) is 2. The fraction of sp³-hybridized carbons (Fsp3) is 0.200. The van der Waals surface area contributed by atoms with Gasteiger partial charge >= 0.3 is 0 Å². The number of benzene rings is 2. The average Bonchev–Trinajstić information content (AvgIpc) is 2.41. The van der Waals surface area contributed by atoms with E-state index >= 15 is 0 Å². The first-order chi connectivity index (χ1) is 9.11. The van der Waals surface area contributed by atoms with Crippen LogP contribution in [0.5, 0.6) is 5.75 Å². The fourth-order valence-electron chi connectivity index (χ4n) is 1.73. The first-order valence-corrected chi connectivity index (χ1v) is 6.03. The largest absolute Gasteiger partial charge is 0.494 e. The lowest BCUT2D eigenvalue weighted by Gasteiger charge is -2.05. The van der Waals surface area contributed by atoms with E-state index in [1.165, 1.54) is 0 Å². The summed E-state index contributed by atoms with van der Waals surface area (Å²) in [6.45, 7) is 4.05. The van der Waals surface area contributed by atoms with Crippen LogP contribution in [0, 0.1) is 13.8 Å². The molecule has 0 saturated carbocycles. The Balaban J connectivity index is 2.35. The van der Waals surface area contributed by atoms with Crippen molar-refractivity contribution in [2.75, 3.05) is 12.8 Å². The van der Waals surface area contributed by atoms with Crippen molar-refractivity contribution in [2.45, 2.75) is 13.8 Å². The molecule has 0 bridgehead atoms. The van der Waals surface area contributed by atoms with Crippen LogP contribution in [0.2, 0.25) is 0 Å². The van der Waals surface area contributed by atoms with Gasteiger partial charge in [0.2, 0.25) is 0 Å². The molecule has 0 aliphatic heterocycles. The van der Waals surface area contributed by atoms with Gasteiger partial charge in [-0.2, -0.15) is 0 Å². The second kappa shape index (κ2) is 5.52. The molecule has 0 aromatic heterocycles. The number of aryl methyl sites for hydroxylation is 2. The van der Waals surface area contributed by atoms with Crippen LogP contribution in [0.15, 0.2) is 46.6 Å². The molecule has 0 fully saturated rings. The molecule has 0 atom stereocenters. The van der Waals surface area contributed by atoms with Gasteiger partial charge in [-0.15, -0.1) is 10.2 Å². The zero-order chi connectivity index (χ0) is 13.8. The Kier molecular flexibility index (Phi) is 3.80. The summed E-state index contributed by atoms with van der Waals surface area (Å²) in [6, 6.07) is 11.3. The first-order valence-electron chi connectivity index (χ1n) is 6.03. The lowest BCUT2D eigenvalue weighted by atomic mass is 10.1. The molecular weight excluding hydrogens is 238 g/mol. The van der Waals surface area contributed by atoms with E-state index in [2.05, 4.69) is 10.2 Å². The van der Waals surface area contributed by atoms with Gasteiger partial charge in [0.1, 0.15) is 17.1 Å². The van der Waals surface area contributed by atoms with Gasteiger partial charge in [0.15, 0.2) is 0 Å². The van der Waals surface area contributed by atoms with Crippen molar-refractivity contribution < 1.29 is 4.74 Å². The summed E-state index contributed by atoms with van der Waals surface area (Å²) in [5.74, 6) is 0.689. The number of azo groups is 1. The molecule has 19 heavy (non-hydrogen) atoms. The van der Waals surface area contributed by atoms with Crippen molar-refractivity contribution >= 4 is 17.1 Å².